The van der Waals surface area contributed by atoms with Crippen LogP contribution in [0.1, 0.15) is 32.0 Å². The first-order valence-electron chi connectivity index (χ1n) is 9.57. The summed E-state index contributed by atoms with van der Waals surface area (Å²) < 4.78 is 10.7. The summed E-state index contributed by atoms with van der Waals surface area (Å²) in [6.45, 7) is 4.00. The first-order valence-corrected chi connectivity index (χ1v) is 10.5. The number of likely N-dealkylation sites (tertiary alicyclic amines) is 1. The van der Waals surface area contributed by atoms with Crippen molar-refractivity contribution in [3.05, 3.63) is 39.8 Å². The SMILES string of the molecule is COc1ccc(-c2csc3nc(CN4CCCC[C@@H]4C)[nH]c(=O)c23)cc1OC. The highest BCUT2D eigenvalue weighted by Gasteiger charge is 2.20. The third-order valence-corrected chi connectivity index (χ3v) is 6.35. The highest BCUT2D eigenvalue weighted by molar-refractivity contribution is 7.17. The molecule has 0 radical (unpaired) electrons. The molecule has 148 valence electrons. The quantitative estimate of drug-likeness (QED) is 0.701. The lowest BCUT2D eigenvalue weighted by Gasteiger charge is -2.32. The molecule has 3 aromatic rings. The van der Waals surface area contributed by atoms with E-state index in [0.717, 1.165) is 28.3 Å². The zero-order valence-electron chi connectivity index (χ0n) is 16.4. The molecule has 1 aliphatic heterocycles. The van der Waals surface area contributed by atoms with Crippen molar-refractivity contribution in [2.75, 3.05) is 20.8 Å². The van der Waals surface area contributed by atoms with E-state index < -0.39 is 0 Å². The van der Waals surface area contributed by atoms with Crippen LogP contribution in [0.25, 0.3) is 21.3 Å². The lowest BCUT2D eigenvalue weighted by molar-refractivity contribution is 0.149. The average Bonchev–Trinajstić information content (AvgIpc) is 3.14. The maximum absolute atomic E-state index is 12.9. The van der Waals surface area contributed by atoms with Crippen LogP contribution in [0.2, 0.25) is 0 Å². The maximum Gasteiger partial charge on any atom is 0.260 e. The van der Waals surface area contributed by atoms with E-state index in [9.17, 15) is 4.79 Å². The smallest absolute Gasteiger partial charge is 0.260 e. The van der Waals surface area contributed by atoms with Crippen molar-refractivity contribution in [3.8, 4) is 22.6 Å². The molecule has 1 N–H and O–H groups in total. The Morgan fingerprint density at radius 2 is 2.07 bits per heavy atom. The number of aromatic nitrogens is 2. The Hall–Kier alpha value is -2.38. The van der Waals surface area contributed by atoms with Gasteiger partial charge in [0.2, 0.25) is 0 Å². The second-order valence-corrected chi connectivity index (χ2v) is 8.09. The Labute approximate surface area is 168 Å². The molecule has 2 aromatic heterocycles. The van der Waals surface area contributed by atoms with Crippen LogP contribution in [0.3, 0.4) is 0 Å². The average molecular weight is 400 g/mol. The van der Waals surface area contributed by atoms with Gasteiger partial charge in [-0.2, -0.15) is 0 Å². The fraction of sp³-hybridized carbons (Fsp3) is 0.429. The number of thiophene rings is 1. The molecule has 0 amide bonds. The zero-order chi connectivity index (χ0) is 19.7. The summed E-state index contributed by atoms with van der Waals surface area (Å²) in [5.41, 5.74) is 1.69. The van der Waals surface area contributed by atoms with Gasteiger partial charge >= 0.3 is 0 Å². The van der Waals surface area contributed by atoms with Gasteiger partial charge in [0.05, 0.1) is 26.2 Å². The van der Waals surface area contributed by atoms with Crippen molar-refractivity contribution in [2.45, 2.75) is 38.8 Å². The van der Waals surface area contributed by atoms with E-state index in [1.807, 2.05) is 23.6 Å². The van der Waals surface area contributed by atoms with Crippen LogP contribution in [0.4, 0.5) is 0 Å². The number of piperidine rings is 1. The van der Waals surface area contributed by atoms with Gasteiger partial charge in [-0.1, -0.05) is 12.5 Å². The largest absolute Gasteiger partial charge is 0.493 e. The normalized spacial score (nSPS) is 17.8. The van der Waals surface area contributed by atoms with Gasteiger partial charge < -0.3 is 14.5 Å². The Morgan fingerprint density at radius 1 is 1.25 bits per heavy atom. The predicted molar refractivity (Wildman–Crippen MR) is 113 cm³/mol. The number of ether oxygens (including phenoxy) is 2. The molecule has 0 unspecified atom stereocenters. The van der Waals surface area contributed by atoms with Crippen LogP contribution in [-0.4, -0.2) is 41.7 Å². The number of H-pyrrole nitrogens is 1. The minimum atomic E-state index is -0.0873. The summed E-state index contributed by atoms with van der Waals surface area (Å²) >= 11 is 1.50. The van der Waals surface area contributed by atoms with Crippen molar-refractivity contribution in [2.24, 2.45) is 0 Å². The molecular weight excluding hydrogens is 374 g/mol. The molecular formula is C21H25N3O3S. The second kappa shape index (κ2) is 7.93. The van der Waals surface area contributed by atoms with Crippen molar-refractivity contribution in [3.63, 3.8) is 0 Å². The van der Waals surface area contributed by atoms with Crippen molar-refractivity contribution >= 4 is 21.6 Å². The van der Waals surface area contributed by atoms with E-state index in [-0.39, 0.29) is 5.56 Å². The van der Waals surface area contributed by atoms with E-state index in [0.29, 0.717) is 29.5 Å². The number of hydrogen-bond acceptors (Lipinski definition) is 6. The van der Waals surface area contributed by atoms with Crippen LogP contribution >= 0.6 is 11.3 Å². The minimum absolute atomic E-state index is 0.0873. The van der Waals surface area contributed by atoms with Crippen molar-refractivity contribution in [1.29, 1.82) is 0 Å². The molecule has 7 heteroatoms. The first-order chi connectivity index (χ1) is 13.6. The maximum atomic E-state index is 12.9. The number of rotatable bonds is 5. The lowest BCUT2D eigenvalue weighted by atomic mass is 10.0. The van der Waals surface area contributed by atoms with Gasteiger partial charge in [0.1, 0.15) is 10.7 Å². The topological polar surface area (TPSA) is 67.5 Å². The van der Waals surface area contributed by atoms with Gasteiger partial charge in [-0.3, -0.25) is 9.69 Å². The number of aromatic amines is 1. The second-order valence-electron chi connectivity index (χ2n) is 7.23. The number of fused-ring (bicyclic) bond motifs is 1. The van der Waals surface area contributed by atoms with Gasteiger partial charge in [0.15, 0.2) is 11.5 Å². The standard InChI is InChI=1S/C21H25N3O3S/c1-13-6-4-5-9-24(13)11-18-22-20(25)19-15(12-28-21(19)23-18)14-7-8-16(26-2)17(10-14)27-3/h7-8,10,12-13H,4-6,9,11H2,1-3H3,(H,22,23,25)/t13-/m0/s1. The molecule has 4 rings (SSSR count). The van der Waals surface area contributed by atoms with E-state index in [4.69, 9.17) is 14.5 Å². The van der Waals surface area contributed by atoms with E-state index in [2.05, 4.69) is 16.8 Å². The van der Waals surface area contributed by atoms with Crippen molar-refractivity contribution in [1.82, 2.24) is 14.9 Å². The monoisotopic (exact) mass is 399 g/mol. The fourth-order valence-electron chi connectivity index (χ4n) is 3.87. The third-order valence-electron chi connectivity index (χ3n) is 5.48. The van der Waals surface area contributed by atoms with Crippen LogP contribution in [0.5, 0.6) is 11.5 Å². The molecule has 6 nitrogen and oxygen atoms in total. The number of nitrogens with one attached hydrogen (secondary N) is 1. The lowest BCUT2D eigenvalue weighted by Crippen LogP contribution is -2.37. The predicted octanol–water partition coefficient (Wildman–Crippen LogP) is 4.04. The molecule has 28 heavy (non-hydrogen) atoms. The van der Waals surface area contributed by atoms with E-state index >= 15 is 0 Å². The van der Waals surface area contributed by atoms with Crippen LogP contribution in [0, 0.1) is 0 Å². The van der Waals surface area contributed by atoms with E-state index in [1.165, 1.54) is 30.6 Å². The first kappa shape index (κ1) is 19.0. The molecule has 1 aliphatic rings. The molecule has 0 spiro atoms. The molecule has 1 fully saturated rings. The Morgan fingerprint density at radius 3 is 2.82 bits per heavy atom. The number of nitrogens with zero attached hydrogens (tertiary/aromatic N) is 2. The summed E-state index contributed by atoms with van der Waals surface area (Å²) in [6.07, 6.45) is 3.69. The number of methoxy groups -OCH3 is 2. The highest BCUT2D eigenvalue weighted by atomic mass is 32.1. The summed E-state index contributed by atoms with van der Waals surface area (Å²) in [5.74, 6) is 2.04. The number of benzene rings is 1. The summed E-state index contributed by atoms with van der Waals surface area (Å²) in [6, 6.07) is 6.21. The van der Waals surface area contributed by atoms with Gasteiger partial charge in [-0.15, -0.1) is 11.3 Å². The third kappa shape index (κ3) is 3.52. The minimum Gasteiger partial charge on any atom is -0.493 e. The van der Waals surface area contributed by atoms with Crippen LogP contribution in [-0.2, 0) is 6.54 Å². The van der Waals surface area contributed by atoms with Crippen molar-refractivity contribution < 1.29 is 9.47 Å². The molecule has 0 saturated carbocycles. The van der Waals surface area contributed by atoms with Gasteiger partial charge in [0.25, 0.3) is 5.56 Å². The summed E-state index contributed by atoms with van der Waals surface area (Å²) in [4.78, 5) is 23.8. The molecule has 1 atom stereocenters. The fourth-order valence-corrected chi connectivity index (χ4v) is 4.84. The Balaban J connectivity index is 1.70. The summed E-state index contributed by atoms with van der Waals surface area (Å²) in [5, 5.41) is 2.62. The summed E-state index contributed by atoms with van der Waals surface area (Å²) in [7, 11) is 3.21. The molecule has 1 saturated heterocycles. The highest BCUT2D eigenvalue weighted by Crippen LogP contribution is 2.36. The van der Waals surface area contributed by atoms with Gasteiger partial charge in [-0.05, 0) is 44.0 Å². The van der Waals surface area contributed by atoms with Gasteiger partial charge in [-0.25, -0.2) is 4.98 Å². The number of hydrogen-bond donors (Lipinski definition) is 1. The van der Waals surface area contributed by atoms with Gasteiger partial charge in [0, 0.05) is 17.0 Å². The van der Waals surface area contributed by atoms with E-state index in [1.54, 1.807) is 14.2 Å². The molecule has 3 heterocycles. The molecule has 0 aliphatic carbocycles. The zero-order valence-corrected chi connectivity index (χ0v) is 17.3. The van der Waals surface area contributed by atoms with Crippen LogP contribution in [0.15, 0.2) is 28.4 Å². The molecule has 0 bridgehead atoms. The molecule has 1 aromatic carbocycles. The van der Waals surface area contributed by atoms with Crippen LogP contribution < -0.4 is 15.0 Å². The Bertz CT molecular complexity index is 1040. The Kier molecular flexibility index (Phi) is 5.37.